The minimum atomic E-state index is -4.03. The number of benzene rings is 1. The minimum Gasteiger partial charge on any atom is -0.496 e. The number of alkyl halides is 2. The number of carbonyl (C=O) groups is 1. The van der Waals surface area contributed by atoms with E-state index in [-0.39, 0.29) is 35.7 Å². The molecule has 0 amide bonds. The van der Waals surface area contributed by atoms with Crippen molar-refractivity contribution in [3.05, 3.63) is 23.8 Å². The lowest BCUT2D eigenvalue weighted by Gasteiger charge is -2.31. The van der Waals surface area contributed by atoms with E-state index in [0.717, 1.165) is 10.4 Å². The third-order valence-corrected chi connectivity index (χ3v) is 5.68. The highest BCUT2D eigenvalue weighted by atomic mass is 32.2. The number of hydrogen-bond acceptors (Lipinski definition) is 4. The highest BCUT2D eigenvalue weighted by Gasteiger charge is 2.34. The zero-order valence-corrected chi connectivity index (χ0v) is 13.2. The van der Waals surface area contributed by atoms with E-state index in [4.69, 9.17) is 9.84 Å². The first-order valence-electron chi connectivity index (χ1n) is 6.97. The molecule has 9 heteroatoms. The molecule has 1 heterocycles. The summed E-state index contributed by atoms with van der Waals surface area (Å²) in [6, 6.07) is 3.44. The van der Waals surface area contributed by atoms with E-state index in [1.165, 1.54) is 19.2 Å². The molecule has 128 valence electrons. The molecular weight excluding hydrogens is 332 g/mol. The summed E-state index contributed by atoms with van der Waals surface area (Å²) in [6.07, 6.45) is -1.97. The first-order valence-corrected chi connectivity index (χ1v) is 8.41. The summed E-state index contributed by atoms with van der Waals surface area (Å²) in [4.78, 5) is 10.9. The summed E-state index contributed by atoms with van der Waals surface area (Å²) in [5, 5.41) is 9.12. The van der Waals surface area contributed by atoms with E-state index in [2.05, 4.69) is 0 Å². The van der Waals surface area contributed by atoms with Gasteiger partial charge in [0.2, 0.25) is 16.4 Å². The predicted octanol–water partition coefficient (Wildman–Crippen LogP) is 2.06. The van der Waals surface area contributed by atoms with E-state index >= 15 is 0 Å². The van der Waals surface area contributed by atoms with E-state index < -0.39 is 28.3 Å². The van der Waals surface area contributed by atoms with Crippen molar-refractivity contribution in [1.82, 2.24) is 4.31 Å². The third-order valence-electron chi connectivity index (χ3n) is 3.82. The van der Waals surface area contributed by atoms with Gasteiger partial charge in [0.05, 0.1) is 12.0 Å². The second kappa shape index (κ2) is 6.79. The number of carboxylic acids is 1. The molecule has 0 saturated carbocycles. The van der Waals surface area contributed by atoms with Gasteiger partial charge in [-0.15, -0.1) is 0 Å². The highest BCUT2D eigenvalue weighted by Crippen LogP contribution is 2.29. The monoisotopic (exact) mass is 349 g/mol. The number of methoxy groups -OCH3 is 1. The Balaban J connectivity index is 2.36. The molecule has 1 aliphatic rings. The second-order valence-electron chi connectivity index (χ2n) is 5.27. The summed E-state index contributed by atoms with van der Waals surface area (Å²) in [5.74, 6) is -2.31. The number of ether oxygens (including phenoxy) is 1. The van der Waals surface area contributed by atoms with Crippen LogP contribution in [-0.4, -0.2) is 50.4 Å². The summed E-state index contributed by atoms with van der Waals surface area (Å²) < 4.78 is 56.7. The molecule has 2 rings (SSSR count). The number of hydrogen-bond donors (Lipinski definition) is 1. The van der Waals surface area contributed by atoms with Crippen molar-refractivity contribution in [1.29, 1.82) is 0 Å². The Morgan fingerprint density at radius 2 is 2.13 bits per heavy atom. The van der Waals surface area contributed by atoms with Gasteiger partial charge in [-0.3, -0.25) is 0 Å². The van der Waals surface area contributed by atoms with Crippen molar-refractivity contribution in [2.45, 2.75) is 24.2 Å². The number of nitrogens with zero attached hydrogens (tertiary/aromatic N) is 1. The molecule has 1 aromatic carbocycles. The standard InChI is InChI=1S/C14H17F2NO5S/c1-22-12-5-4-10(7-11(12)14(18)19)23(20,21)17-6-2-3-9(8-17)13(15)16/h4-5,7,9,13H,2-3,6,8H2,1H3,(H,18,19). The fourth-order valence-corrected chi connectivity index (χ4v) is 4.12. The number of piperidine rings is 1. The Bertz CT molecular complexity index is 692. The lowest BCUT2D eigenvalue weighted by atomic mass is 10.0. The van der Waals surface area contributed by atoms with E-state index in [9.17, 15) is 22.0 Å². The lowest BCUT2D eigenvalue weighted by molar-refractivity contribution is 0.0471. The maximum Gasteiger partial charge on any atom is 0.339 e. The number of carboxylic acid groups (broad SMARTS) is 1. The fourth-order valence-electron chi connectivity index (χ4n) is 2.56. The second-order valence-corrected chi connectivity index (χ2v) is 7.20. The average Bonchev–Trinajstić information content (AvgIpc) is 2.54. The summed E-state index contributed by atoms with van der Waals surface area (Å²) in [5.41, 5.74) is -0.295. The van der Waals surface area contributed by atoms with Gasteiger partial charge in [-0.2, -0.15) is 4.31 Å². The van der Waals surface area contributed by atoms with Crippen molar-refractivity contribution in [3.8, 4) is 5.75 Å². The molecule has 1 aliphatic heterocycles. The van der Waals surface area contributed by atoms with Crippen molar-refractivity contribution < 1.29 is 31.8 Å². The summed E-state index contributed by atoms with van der Waals surface area (Å²) in [6.45, 7) is -0.131. The van der Waals surface area contributed by atoms with Crippen LogP contribution in [0.1, 0.15) is 23.2 Å². The van der Waals surface area contributed by atoms with Gasteiger partial charge in [0, 0.05) is 19.0 Å². The molecule has 1 unspecified atom stereocenters. The van der Waals surface area contributed by atoms with Crippen LogP contribution in [0.25, 0.3) is 0 Å². The van der Waals surface area contributed by atoms with Gasteiger partial charge in [-0.05, 0) is 31.0 Å². The normalized spacial score (nSPS) is 19.7. The Morgan fingerprint density at radius 1 is 1.43 bits per heavy atom. The van der Waals surface area contributed by atoms with Crippen LogP contribution in [0.5, 0.6) is 5.75 Å². The Hall–Kier alpha value is -1.74. The van der Waals surface area contributed by atoms with Crippen LogP contribution in [0.15, 0.2) is 23.1 Å². The van der Waals surface area contributed by atoms with Crippen molar-refractivity contribution >= 4 is 16.0 Å². The van der Waals surface area contributed by atoms with Crippen molar-refractivity contribution in [2.75, 3.05) is 20.2 Å². The van der Waals surface area contributed by atoms with Gasteiger partial charge in [-0.25, -0.2) is 22.0 Å². The average molecular weight is 349 g/mol. The Kier molecular flexibility index (Phi) is 5.20. The van der Waals surface area contributed by atoms with Crippen molar-refractivity contribution in [2.24, 2.45) is 5.92 Å². The van der Waals surface area contributed by atoms with Crippen LogP contribution in [0.2, 0.25) is 0 Å². The third kappa shape index (κ3) is 3.61. The number of sulfonamides is 1. The Labute approximate surface area is 132 Å². The molecule has 1 atom stereocenters. The molecule has 0 aliphatic carbocycles. The first-order chi connectivity index (χ1) is 10.8. The van der Waals surface area contributed by atoms with Crippen LogP contribution < -0.4 is 4.74 Å². The van der Waals surface area contributed by atoms with Gasteiger partial charge in [0.1, 0.15) is 11.3 Å². The van der Waals surface area contributed by atoms with E-state index in [1.807, 2.05) is 0 Å². The van der Waals surface area contributed by atoms with Crippen LogP contribution in [0, 0.1) is 5.92 Å². The molecule has 0 aromatic heterocycles. The molecule has 1 N–H and O–H groups in total. The maximum absolute atomic E-state index is 12.8. The van der Waals surface area contributed by atoms with Gasteiger partial charge in [0.25, 0.3) is 0 Å². The zero-order valence-electron chi connectivity index (χ0n) is 12.4. The van der Waals surface area contributed by atoms with Gasteiger partial charge in [-0.1, -0.05) is 0 Å². The quantitative estimate of drug-likeness (QED) is 0.880. The Morgan fingerprint density at radius 3 is 2.70 bits per heavy atom. The molecule has 1 aromatic rings. The summed E-state index contributed by atoms with van der Waals surface area (Å²) in [7, 11) is -2.76. The zero-order chi connectivity index (χ0) is 17.2. The van der Waals surface area contributed by atoms with Crippen LogP contribution >= 0.6 is 0 Å². The largest absolute Gasteiger partial charge is 0.496 e. The van der Waals surface area contributed by atoms with E-state index in [1.54, 1.807) is 0 Å². The summed E-state index contributed by atoms with van der Waals surface area (Å²) >= 11 is 0. The van der Waals surface area contributed by atoms with Crippen molar-refractivity contribution in [3.63, 3.8) is 0 Å². The smallest absolute Gasteiger partial charge is 0.339 e. The predicted molar refractivity (Wildman–Crippen MR) is 77.4 cm³/mol. The topological polar surface area (TPSA) is 83.9 Å². The molecule has 0 bridgehead atoms. The number of aromatic carboxylic acids is 1. The van der Waals surface area contributed by atoms with Crippen LogP contribution in [0.3, 0.4) is 0 Å². The highest BCUT2D eigenvalue weighted by molar-refractivity contribution is 7.89. The van der Waals surface area contributed by atoms with Gasteiger partial charge < -0.3 is 9.84 Å². The number of halogens is 2. The van der Waals surface area contributed by atoms with Crippen LogP contribution in [-0.2, 0) is 10.0 Å². The molecule has 0 radical (unpaired) electrons. The fraction of sp³-hybridized carbons (Fsp3) is 0.500. The molecule has 6 nitrogen and oxygen atoms in total. The molecule has 23 heavy (non-hydrogen) atoms. The van der Waals surface area contributed by atoms with Crippen LogP contribution in [0.4, 0.5) is 8.78 Å². The maximum atomic E-state index is 12.8. The number of rotatable bonds is 5. The molecule has 0 spiro atoms. The lowest BCUT2D eigenvalue weighted by Crippen LogP contribution is -2.41. The SMILES string of the molecule is COc1ccc(S(=O)(=O)N2CCCC(C(F)F)C2)cc1C(=O)O. The van der Waals surface area contributed by atoms with E-state index in [0.29, 0.717) is 6.42 Å². The molecular formula is C14H17F2NO5S. The van der Waals surface area contributed by atoms with Gasteiger partial charge >= 0.3 is 5.97 Å². The first kappa shape index (κ1) is 17.6. The minimum absolute atomic E-state index is 0.0283. The molecule has 1 saturated heterocycles. The van der Waals surface area contributed by atoms with Gasteiger partial charge in [0.15, 0.2) is 0 Å². The molecule has 1 fully saturated rings.